The molecule has 0 bridgehead atoms. The normalized spacial score (nSPS) is 19.5. The lowest BCUT2D eigenvalue weighted by molar-refractivity contribution is 0.269. The molecule has 0 spiro atoms. The highest BCUT2D eigenvalue weighted by molar-refractivity contribution is 7.89. The molecule has 7 heteroatoms. The van der Waals surface area contributed by atoms with Crippen molar-refractivity contribution in [1.82, 2.24) is 19.4 Å². The second-order valence-electron chi connectivity index (χ2n) is 5.92. The quantitative estimate of drug-likeness (QED) is 0.895. The lowest BCUT2D eigenvalue weighted by Gasteiger charge is -2.35. The van der Waals surface area contributed by atoms with Gasteiger partial charge in [0, 0.05) is 26.2 Å². The number of nitrogens with one attached hydrogen (secondary N) is 1. The van der Waals surface area contributed by atoms with Gasteiger partial charge in [-0.25, -0.2) is 8.42 Å². The SMILES string of the molecule is CCc1ccc(C2CNCCN2S(=O)(=O)c2ccnn2CC)cc1. The fourth-order valence-corrected chi connectivity index (χ4v) is 4.91. The predicted molar refractivity (Wildman–Crippen MR) is 93.2 cm³/mol. The maximum atomic E-state index is 13.2. The topological polar surface area (TPSA) is 67.2 Å². The molecule has 1 saturated heterocycles. The van der Waals surface area contributed by atoms with Crippen LogP contribution in [-0.4, -0.2) is 42.1 Å². The van der Waals surface area contributed by atoms with E-state index in [2.05, 4.69) is 29.5 Å². The summed E-state index contributed by atoms with van der Waals surface area (Å²) in [5.41, 5.74) is 2.27. The molecule has 1 aromatic heterocycles. The molecule has 0 aliphatic carbocycles. The van der Waals surface area contributed by atoms with Gasteiger partial charge in [-0.15, -0.1) is 0 Å². The Morgan fingerprint density at radius 1 is 1.21 bits per heavy atom. The maximum Gasteiger partial charge on any atom is 0.260 e. The predicted octanol–water partition coefficient (Wildman–Crippen LogP) is 1.80. The van der Waals surface area contributed by atoms with Crippen molar-refractivity contribution in [1.29, 1.82) is 0 Å². The van der Waals surface area contributed by atoms with Gasteiger partial charge in [0.05, 0.1) is 12.2 Å². The molecule has 2 heterocycles. The molecule has 0 saturated carbocycles. The monoisotopic (exact) mass is 348 g/mol. The van der Waals surface area contributed by atoms with Crippen LogP contribution in [0.15, 0.2) is 41.6 Å². The Labute approximate surface area is 143 Å². The van der Waals surface area contributed by atoms with Crippen molar-refractivity contribution >= 4 is 10.0 Å². The highest BCUT2D eigenvalue weighted by Gasteiger charge is 2.36. The second kappa shape index (κ2) is 7.04. The number of rotatable bonds is 5. The highest BCUT2D eigenvalue weighted by atomic mass is 32.2. The van der Waals surface area contributed by atoms with E-state index in [4.69, 9.17) is 0 Å². The van der Waals surface area contributed by atoms with E-state index in [0.717, 1.165) is 12.0 Å². The Bertz CT molecular complexity index is 783. The van der Waals surface area contributed by atoms with Gasteiger partial charge in [0.1, 0.15) is 0 Å². The van der Waals surface area contributed by atoms with Gasteiger partial charge in [-0.2, -0.15) is 9.40 Å². The van der Waals surface area contributed by atoms with Crippen LogP contribution in [0.2, 0.25) is 0 Å². The highest BCUT2D eigenvalue weighted by Crippen LogP contribution is 2.29. The van der Waals surface area contributed by atoms with Gasteiger partial charge in [0.25, 0.3) is 10.0 Å². The van der Waals surface area contributed by atoms with Crippen LogP contribution < -0.4 is 5.32 Å². The van der Waals surface area contributed by atoms with Crippen LogP contribution in [0.1, 0.15) is 31.0 Å². The van der Waals surface area contributed by atoms with Crippen molar-refractivity contribution in [3.63, 3.8) is 0 Å². The number of benzene rings is 1. The standard InChI is InChI=1S/C17H24N4O2S/c1-3-14-5-7-15(8-6-14)16-13-18-11-12-21(16)24(22,23)17-9-10-19-20(17)4-2/h5-10,16,18H,3-4,11-13H2,1-2H3. The lowest BCUT2D eigenvalue weighted by Crippen LogP contribution is -2.48. The minimum Gasteiger partial charge on any atom is -0.313 e. The zero-order valence-corrected chi connectivity index (χ0v) is 15.0. The summed E-state index contributed by atoms with van der Waals surface area (Å²) in [5.74, 6) is 0. The molecule has 1 atom stereocenters. The third-order valence-corrected chi connectivity index (χ3v) is 6.45. The van der Waals surface area contributed by atoms with E-state index in [-0.39, 0.29) is 11.1 Å². The Balaban J connectivity index is 1.97. The number of nitrogens with zero attached hydrogens (tertiary/aromatic N) is 3. The summed E-state index contributed by atoms with van der Waals surface area (Å²) in [6, 6.07) is 9.61. The molecule has 3 rings (SSSR count). The summed E-state index contributed by atoms with van der Waals surface area (Å²) in [7, 11) is -3.58. The molecule has 1 fully saturated rings. The average molecular weight is 348 g/mol. The van der Waals surface area contributed by atoms with Gasteiger partial charge in [0.2, 0.25) is 0 Å². The average Bonchev–Trinajstić information content (AvgIpc) is 3.11. The molecule has 2 aromatic rings. The van der Waals surface area contributed by atoms with Crippen LogP contribution >= 0.6 is 0 Å². The van der Waals surface area contributed by atoms with E-state index in [1.54, 1.807) is 16.6 Å². The van der Waals surface area contributed by atoms with Crippen LogP contribution in [0.25, 0.3) is 0 Å². The molecule has 0 amide bonds. The van der Waals surface area contributed by atoms with Crippen molar-refractivity contribution in [2.24, 2.45) is 0 Å². The number of sulfonamides is 1. The van der Waals surface area contributed by atoms with Crippen LogP contribution in [-0.2, 0) is 23.0 Å². The summed E-state index contributed by atoms with van der Waals surface area (Å²) in [5, 5.41) is 7.69. The fraction of sp³-hybridized carbons (Fsp3) is 0.471. The molecular weight excluding hydrogens is 324 g/mol. The van der Waals surface area contributed by atoms with Gasteiger partial charge in [-0.1, -0.05) is 31.2 Å². The number of hydrogen-bond donors (Lipinski definition) is 1. The summed E-state index contributed by atoms with van der Waals surface area (Å²) < 4.78 is 29.5. The molecule has 24 heavy (non-hydrogen) atoms. The summed E-state index contributed by atoms with van der Waals surface area (Å²) in [6.07, 6.45) is 2.52. The number of aryl methyl sites for hydroxylation is 2. The number of aromatic nitrogens is 2. The first-order chi connectivity index (χ1) is 11.6. The number of piperazine rings is 1. The summed E-state index contributed by atoms with van der Waals surface area (Å²) >= 11 is 0. The van der Waals surface area contributed by atoms with E-state index in [0.29, 0.717) is 26.2 Å². The van der Waals surface area contributed by atoms with Crippen LogP contribution in [0.5, 0.6) is 0 Å². The molecule has 1 aromatic carbocycles. The largest absolute Gasteiger partial charge is 0.313 e. The molecular formula is C17H24N4O2S. The van der Waals surface area contributed by atoms with Gasteiger partial charge in [0.15, 0.2) is 5.03 Å². The van der Waals surface area contributed by atoms with Crippen LogP contribution in [0.4, 0.5) is 0 Å². The van der Waals surface area contributed by atoms with Gasteiger partial charge in [-0.3, -0.25) is 4.68 Å². The Morgan fingerprint density at radius 2 is 1.96 bits per heavy atom. The first-order valence-electron chi connectivity index (χ1n) is 8.41. The minimum atomic E-state index is -3.58. The molecule has 1 N–H and O–H groups in total. The summed E-state index contributed by atoms with van der Waals surface area (Å²) in [6.45, 7) is 6.26. The Hall–Kier alpha value is -1.70. The first-order valence-corrected chi connectivity index (χ1v) is 9.85. The van der Waals surface area contributed by atoms with Gasteiger partial charge < -0.3 is 5.32 Å². The molecule has 1 unspecified atom stereocenters. The van der Waals surface area contributed by atoms with Crippen LogP contribution in [0, 0.1) is 0 Å². The molecule has 1 aliphatic heterocycles. The smallest absolute Gasteiger partial charge is 0.260 e. The van der Waals surface area contributed by atoms with Crippen molar-refractivity contribution in [2.45, 2.75) is 37.9 Å². The van der Waals surface area contributed by atoms with Crippen molar-refractivity contribution in [3.8, 4) is 0 Å². The second-order valence-corrected chi connectivity index (χ2v) is 7.75. The Morgan fingerprint density at radius 3 is 2.62 bits per heavy atom. The van der Waals surface area contributed by atoms with E-state index in [9.17, 15) is 8.42 Å². The van der Waals surface area contributed by atoms with E-state index >= 15 is 0 Å². The molecule has 130 valence electrons. The van der Waals surface area contributed by atoms with E-state index < -0.39 is 10.0 Å². The lowest BCUT2D eigenvalue weighted by atomic mass is 10.0. The van der Waals surface area contributed by atoms with E-state index in [1.165, 1.54) is 10.2 Å². The third kappa shape index (κ3) is 3.11. The maximum absolute atomic E-state index is 13.2. The number of hydrogen-bond acceptors (Lipinski definition) is 4. The van der Waals surface area contributed by atoms with Gasteiger partial charge >= 0.3 is 0 Å². The minimum absolute atomic E-state index is 0.199. The first kappa shape index (κ1) is 17.1. The fourth-order valence-electron chi connectivity index (χ4n) is 3.13. The molecule has 0 radical (unpaired) electrons. The van der Waals surface area contributed by atoms with Crippen molar-refractivity contribution < 1.29 is 8.42 Å². The summed E-state index contributed by atoms with van der Waals surface area (Å²) in [4.78, 5) is 0. The van der Waals surface area contributed by atoms with Gasteiger partial charge in [-0.05, 0) is 30.5 Å². The molecule has 1 aliphatic rings. The van der Waals surface area contributed by atoms with E-state index in [1.807, 2.05) is 19.1 Å². The van der Waals surface area contributed by atoms with Crippen molar-refractivity contribution in [2.75, 3.05) is 19.6 Å². The third-order valence-electron chi connectivity index (χ3n) is 4.52. The van der Waals surface area contributed by atoms with Crippen molar-refractivity contribution in [3.05, 3.63) is 47.7 Å². The zero-order valence-electron chi connectivity index (χ0n) is 14.1. The zero-order chi connectivity index (χ0) is 17.2. The molecule has 6 nitrogen and oxygen atoms in total. The Kier molecular flexibility index (Phi) is 5.03. The van der Waals surface area contributed by atoms with Crippen LogP contribution in [0.3, 0.4) is 0 Å².